The number of likely N-dealkylation sites (tertiary alicyclic amines) is 1. The lowest BCUT2D eigenvalue weighted by Crippen LogP contribution is -2.56. The summed E-state index contributed by atoms with van der Waals surface area (Å²) in [5.41, 5.74) is 0.648. The van der Waals surface area contributed by atoms with Gasteiger partial charge in [0.25, 0.3) is 0 Å². The summed E-state index contributed by atoms with van der Waals surface area (Å²) in [7, 11) is 0. The molecule has 0 unspecified atom stereocenters. The second kappa shape index (κ2) is 11.7. The lowest BCUT2D eigenvalue weighted by Gasteiger charge is -2.28. The second-order valence-corrected chi connectivity index (χ2v) is 9.09. The van der Waals surface area contributed by atoms with Crippen molar-refractivity contribution in [2.75, 3.05) is 11.9 Å². The molecule has 0 saturated carbocycles. The minimum absolute atomic E-state index is 0.355. The molecule has 1 fully saturated rings. The van der Waals surface area contributed by atoms with Crippen molar-refractivity contribution in [3.63, 3.8) is 0 Å². The molecule has 36 heavy (non-hydrogen) atoms. The zero-order chi connectivity index (χ0) is 26.4. The highest BCUT2D eigenvalue weighted by Gasteiger charge is 2.37. The van der Waals surface area contributed by atoms with Crippen molar-refractivity contribution in [1.29, 1.82) is 0 Å². The normalized spacial score (nSPS) is 17.6. The van der Waals surface area contributed by atoms with Crippen molar-refractivity contribution in [2.45, 2.75) is 64.7 Å². The molecule has 10 heteroatoms. The molecule has 5 amide bonds. The van der Waals surface area contributed by atoms with E-state index in [4.69, 9.17) is 0 Å². The van der Waals surface area contributed by atoms with Crippen LogP contribution in [-0.2, 0) is 24.0 Å². The van der Waals surface area contributed by atoms with Crippen LogP contribution in [0.5, 0.6) is 0 Å². The van der Waals surface area contributed by atoms with Gasteiger partial charge in [-0.2, -0.15) is 0 Å². The summed E-state index contributed by atoms with van der Waals surface area (Å²) in [6.07, 6.45) is 1.08. The van der Waals surface area contributed by atoms with Crippen LogP contribution in [-0.4, -0.2) is 65.1 Å². The van der Waals surface area contributed by atoms with Gasteiger partial charge in [-0.15, -0.1) is 0 Å². The molecule has 1 saturated heterocycles. The number of hydrogen-bond donors (Lipinski definition) is 4. The Bertz CT molecular complexity index is 1160. The van der Waals surface area contributed by atoms with Crippen LogP contribution in [0, 0.1) is 0 Å². The van der Waals surface area contributed by atoms with Crippen molar-refractivity contribution >= 4 is 46.0 Å². The number of nitrogens with one attached hydrogen (secondary N) is 4. The molecule has 0 spiro atoms. The Labute approximate surface area is 210 Å². The van der Waals surface area contributed by atoms with Crippen LogP contribution >= 0.6 is 0 Å². The molecule has 1 aliphatic heterocycles. The van der Waals surface area contributed by atoms with Gasteiger partial charge >= 0.3 is 0 Å². The summed E-state index contributed by atoms with van der Waals surface area (Å²) in [4.78, 5) is 63.6. The number of rotatable bonds is 8. The van der Waals surface area contributed by atoms with Crippen LogP contribution in [0.3, 0.4) is 0 Å². The van der Waals surface area contributed by atoms with Crippen molar-refractivity contribution in [2.24, 2.45) is 0 Å². The quantitative estimate of drug-likeness (QED) is 0.438. The van der Waals surface area contributed by atoms with Crippen LogP contribution in [0.4, 0.5) is 5.69 Å². The molecule has 2 aromatic carbocycles. The Kier molecular flexibility index (Phi) is 8.63. The molecule has 0 aliphatic carbocycles. The van der Waals surface area contributed by atoms with Gasteiger partial charge < -0.3 is 26.2 Å². The average Bonchev–Trinajstić information content (AvgIpc) is 3.33. The van der Waals surface area contributed by atoms with E-state index in [2.05, 4.69) is 21.3 Å². The molecular formula is C26H33N5O5. The fourth-order valence-electron chi connectivity index (χ4n) is 4.27. The SMILES string of the molecule is CC(=O)N[C@@H](C)C(=O)N[C@@H](C)C(=O)N1CCC[C@H]1C(=O)N[C@@H](C)C(=O)Nc1cccc2ccccc12. The standard InChI is InChI=1S/C26H33N5O5/c1-15(27-18(4)32)23(33)29-17(3)26(36)31-14-8-13-22(31)25(35)28-16(2)24(34)30-21-12-7-10-19-9-5-6-11-20(19)21/h5-7,9-12,15-17,22H,8,13-14H2,1-4H3,(H,27,32)(H,28,35)(H,29,33)(H,30,34)/t15-,16-,17-,22-/m0/s1. The predicted octanol–water partition coefficient (Wildman–Crippen LogP) is 1.30. The minimum atomic E-state index is -0.880. The van der Waals surface area contributed by atoms with Gasteiger partial charge in [-0.05, 0) is 45.1 Å². The summed E-state index contributed by atoms with van der Waals surface area (Å²) in [5.74, 6) is -2.05. The van der Waals surface area contributed by atoms with E-state index in [0.29, 0.717) is 25.1 Å². The first-order valence-corrected chi connectivity index (χ1v) is 12.1. The highest BCUT2D eigenvalue weighted by Crippen LogP contribution is 2.23. The summed E-state index contributed by atoms with van der Waals surface area (Å²) < 4.78 is 0. The van der Waals surface area contributed by atoms with Crippen LogP contribution in [0.25, 0.3) is 10.8 Å². The molecule has 10 nitrogen and oxygen atoms in total. The molecule has 3 rings (SSSR count). The van der Waals surface area contributed by atoms with E-state index in [0.717, 1.165) is 10.8 Å². The van der Waals surface area contributed by atoms with E-state index in [1.807, 2.05) is 36.4 Å². The van der Waals surface area contributed by atoms with E-state index in [1.54, 1.807) is 13.0 Å². The summed E-state index contributed by atoms with van der Waals surface area (Å²) in [5, 5.41) is 12.5. The van der Waals surface area contributed by atoms with Crippen LogP contribution < -0.4 is 21.3 Å². The summed E-state index contributed by atoms with van der Waals surface area (Å²) in [6.45, 7) is 6.31. The fraction of sp³-hybridized carbons (Fsp3) is 0.423. The zero-order valence-corrected chi connectivity index (χ0v) is 21.0. The Morgan fingerprint density at radius 2 is 1.50 bits per heavy atom. The number of nitrogens with zero attached hydrogens (tertiary/aromatic N) is 1. The van der Waals surface area contributed by atoms with Gasteiger partial charge in [0.2, 0.25) is 29.5 Å². The highest BCUT2D eigenvalue weighted by atomic mass is 16.2. The fourth-order valence-corrected chi connectivity index (χ4v) is 4.27. The van der Waals surface area contributed by atoms with E-state index in [1.165, 1.54) is 25.7 Å². The Balaban J connectivity index is 1.59. The topological polar surface area (TPSA) is 137 Å². The average molecular weight is 496 g/mol. The molecule has 192 valence electrons. The van der Waals surface area contributed by atoms with E-state index in [-0.39, 0.29) is 11.8 Å². The largest absolute Gasteiger partial charge is 0.345 e. The molecular weight excluding hydrogens is 462 g/mol. The maximum atomic E-state index is 13.0. The molecule has 2 aromatic rings. The van der Waals surface area contributed by atoms with Gasteiger partial charge in [-0.1, -0.05) is 36.4 Å². The molecule has 0 bridgehead atoms. The van der Waals surface area contributed by atoms with Crippen molar-refractivity contribution in [1.82, 2.24) is 20.9 Å². The molecule has 4 atom stereocenters. The number of carbonyl (C=O) groups is 5. The first-order chi connectivity index (χ1) is 17.1. The predicted molar refractivity (Wildman–Crippen MR) is 136 cm³/mol. The number of amides is 5. The number of carbonyl (C=O) groups excluding carboxylic acids is 5. The maximum absolute atomic E-state index is 13.0. The molecule has 0 radical (unpaired) electrons. The highest BCUT2D eigenvalue weighted by molar-refractivity contribution is 6.05. The molecule has 1 heterocycles. The van der Waals surface area contributed by atoms with E-state index < -0.39 is 41.9 Å². The Morgan fingerprint density at radius 3 is 2.22 bits per heavy atom. The van der Waals surface area contributed by atoms with Crippen LogP contribution in [0.15, 0.2) is 42.5 Å². The molecule has 0 aromatic heterocycles. The van der Waals surface area contributed by atoms with Gasteiger partial charge in [0.05, 0.1) is 0 Å². The van der Waals surface area contributed by atoms with E-state index >= 15 is 0 Å². The maximum Gasteiger partial charge on any atom is 0.246 e. The number of fused-ring (bicyclic) bond motifs is 1. The number of benzene rings is 2. The van der Waals surface area contributed by atoms with Gasteiger partial charge in [0, 0.05) is 24.5 Å². The van der Waals surface area contributed by atoms with Gasteiger partial charge in [-0.3, -0.25) is 24.0 Å². The molecule has 1 aliphatic rings. The number of hydrogen-bond acceptors (Lipinski definition) is 5. The zero-order valence-electron chi connectivity index (χ0n) is 21.0. The van der Waals surface area contributed by atoms with E-state index in [9.17, 15) is 24.0 Å². The van der Waals surface area contributed by atoms with Gasteiger partial charge in [0.1, 0.15) is 24.2 Å². The third kappa shape index (κ3) is 6.38. The Morgan fingerprint density at radius 1 is 0.833 bits per heavy atom. The first-order valence-electron chi connectivity index (χ1n) is 12.1. The lowest BCUT2D eigenvalue weighted by atomic mass is 10.1. The van der Waals surface area contributed by atoms with Crippen LogP contribution in [0.2, 0.25) is 0 Å². The van der Waals surface area contributed by atoms with Crippen molar-refractivity contribution in [3.8, 4) is 0 Å². The smallest absolute Gasteiger partial charge is 0.246 e. The summed E-state index contributed by atoms with van der Waals surface area (Å²) >= 11 is 0. The van der Waals surface area contributed by atoms with Gasteiger partial charge in [0.15, 0.2) is 0 Å². The van der Waals surface area contributed by atoms with Crippen molar-refractivity contribution < 1.29 is 24.0 Å². The van der Waals surface area contributed by atoms with Crippen LogP contribution in [0.1, 0.15) is 40.5 Å². The summed E-state index contributed by atoms with van der Waals surface area (Å²) in [6, 6.07) is 10.0. The first kappa shape index (κ1) is 26.7. The molecule has 4 N–H and O–H groups in total. The van der Waals surface area contributed by atoms with Gasteiger partial charge in [-0.25, -0.2) is 0 Å². The number of anilines is 1. The monoisotopic (exact) mass is 495 g/mol. The third-order valence-corrected chi connectivity index (χ3v) is 6.18. The Hall–Kier alpha value is -3.95. The van der Waals surface area contributed by atoms with Crippen molar-refractivity contribution in [3.05, 3.63) is 42.5 Å². The minimum Gasteiger partial charge on any atom is -0.345 e. The second-order valence-electron chi connectivity index (χ2n) is 9.09. The lowest BCUT2D eigenvalue weighted by molar-refractivity contribution is -0.141. The third-order valence-electron chi connectivity index (χ3n) is 6.18.